The molecule has 3 aromatic heterocycles. The molecule has 2 atom stereocenters. The van der Waals surface area contributed by atoms with E-state index < -0.39 is 22.8 Å². The number of halogens is 1. The molecule has 5 heterocycles. The number of fused-ring (bicyclic) bond motifs is 1. The van der Waals surface area contributed by atoms with E-state index in [-0.39, 0.29) is 34.7 Å². The first-order chi connectivity index (χ1) is 16.8. The number of carboxylic acid groups (broad SMARTS) is 1. The van der Waals surface area contributed by atoms with Gasteiger partial charge in [-0.1, -0.05) is 6.92 Å². The Hall–Kier alpha value is -3.18. The standard InChI is InChI=1S/C24H25FN4O5S/c1-13-4-6-34-15(8-13)2-3-19(30)14-10-28(11-14)22-18(25)9-16-20(31)17(23(32)33)12-29(21(16)27-22)24-26-5-7-35-24/h5,7,9,12-15H,2-4,6,8,10-11H2,1H3,(H,32,33). The fourth-order valence-corrected chi connectivity index (χ4v) is 5.32. The second-order valence-electron chi connectivity index (χ2n) is 9.26. The second kappa shape index (κ2) is 9.46. The SMILES string of the molecule is CC1CCOC(CCC(=O)C2CN(c3nc4c(cc3F)c(=O)c(C(=O)O)cn4-c3nccs3)C2)C1. The van der Waals surface area contributed by atoms with Gasteiger partial charge in [0.25, 0.3) is 0 Å². The van der Waals surface area contributed by atoms with Crippen LogP contribution in [0.1, 0.15) is 43.0 Å². The molecule has 0 spiro atoms. The molecule has 0 radical (unpaired) electrons. The molecular weight excluding hydrogens is 475 g/mol. The summed E-state index contributed by atoms with van der Waals surface area (Å²) < 4.78 is 22.2. The van der Waals surface area contributed by atoms with E-state index in [0.29, 0.717) is 37.0 Å². The van der Waals surface area contributed by atoms with Gasteiger partial charge < -0.3 is 14.7 Å². The van der Waals surface area contributed by atoms with Crippen LogP contribution in [0.3, 0.4) is 0 Å². The number of nitrogens with zero attached hydrogens (tertiary/aromatic N) is 4. The third kappa shape index (κ3) is 4.57. The number of aromatic nitrogens is 3. The number of aromatic carboxylic acids is 1. The molecule has 2 fully saturated rings. The van der Waals surface area contributed by atoms with Gasteiger partial charge in [0.15, 0.2) is 22.4 Å². The quantitative estimate of drug-likeness (QED) is 0.526. The lowest BCUT2D eigenvalue weighted by Gasteiger charge is -2.39. The lowest BCUT2D eigenvalue weighted by molar-refractivity contribution is -0.124. The Balaban J connectivity index is 1.36. The van der Waals surface area contributed by atoms with Crippen molar-refractivity contribution in [3.05, 3.63) is 45.4 Å². The monoisotopic (exact) mass is 500 g/mol. The van der Waals surface area contributed by atoms with Crippen molar-refractivity contribution in [3.63, 3.8) is 0 Å². The number of Topliss-reactive ketones (excluding diaryl/α,β-unsaturated/α-hetero) is 1. The maximum Gasteiger partial charge on any atom is 0.341 e. The highest BCUT2D eigenvalue weighted by molar-refractivity contribution is 7.12. The molecule has 3 aromatic rings. The molecule has 0 bridgehead atoms. The van der Waals surface area contributed by atoms with Gasteiger partial charge in [-0.25, -0.2) is 19.2 Å². The molecule has 5 rings (SSSR count). The number of carbonyl (C=O) groups excluding carboxylic acids is 1. The summed E-state index contributed by atoms with van der Waals surface area (Å²) in [6, 6.07) is 1.02. The number of carboxylic acids is 1. The highest BCUT2D eigenvalue weighted by Gasteiger charge is 2.35. The lowest BCUT2D eigenvalue weighted by Crippen LogP contribution is -2.51. The molecular formula is C24H25FN4O5S. The van der Waals surface area contributed by atoms with E-state index in [9.17, 15) is 19.5 Å². The van der Waals surface area contributed by atoms with E-state index in [0.717, 1.165) is 31.7 Å². The van der Waals surface area contributed by atoms with E-state index in [2.05, 4.69) is 16.9 Å². The van der Waals surface area contributed by atoms with Crippen LogP contribution < -0.4 is 10.3 Å². The van der Waals surface area contributed by atoms with Crippen LogP contribution in [0.15, 0.2) is 28.6 Å². The first-order valence-corrected chi connectivity index (χ1v) is 12.5. The largest absolute Gasteiger partial charge is 0.477 e. The van der Waals surface area contributed by atoms with Crippen LogP contribution in [0.25, 0.3) is 16.2 Å². The molecule has 9 nitrogen and oxygen atoms in total. The summed E-state index contributed by atoms with van der Waals surface area (Å²) in [7, 11) is 0. The molecule has 2 aliphatic heterocycles. The van der Waals surface area contributed by atoms with Crippen LogP contribution in [0.2, 0.25) is 0 Å². The van der Waals surface area contributed by atoms with E-state index in [1.54, 1.807) is 16.5 Å². The predicted molar refractivity (Wildman–Crippen MR) is 128 cm³/mol. The molecule has 35 heavy (non-hydrogen) atoms. The summed E-state index contributed by atoms with van der Waals surface area (Å²) in [4.78, 5) is 47.2. The van der Waals surface area contributed by atoms with Gasteiger partial charge in [-0.05, 0) is 31.2 Å². The fourth-order valence-electron chi connectivity index (χ4n) is 4.70. The van der Waals surface area contributed by atoms with Crippen molar-refractivity contribution in [3.8, 4) is 5.13 Å². The predicted octanol–water partition coefficient (Wildman–Crippen LogP) is 3.28. The number of thiazole rings is 1. The van der Waals surface area contributed by atoms with Crippen molar-refractivity contribution in [2.75, 3.05) is 24.6 Å². The Bertz CT molecular complexity index is 1340. The Labute approximate surface area is 204 Å². The van der Waals surface area contributed by atoms with Crippen LogP contribution in [-0.4, -0.2) is 57.2 Å². The van der Waals surface area contributed by atoms with Crippen LogP contribution in [0, 0.1) is 17.7 Å². The summed E-state index contributed by atoms with van der Waals surface area (Å²) in [5, 5.41) is 11.4. The van der Waals surface area contributed by atoms with Gasteiger partial charge in [0, 0.05) is 43.9 Å². The van der Waals surface area contributed by atoms with Crippen molar-refractivity contribution in [1.29, 1.82) is 0 Å². The average molecular weight is 501 g/mol. The van der Waals surface area contributed by atoms with Gasteiger partial charge >= 0.3 is 5.97 Å². The molecule has 0 aromatic carbocycles. The minimum absolute atomic E-state index is 0.0266. The van der Waals surface area contributed by atoms with Crippen LogP contribution in [0.5, 0.6) is 0 Å². The zero-order chi connectivity index (χ0) is 24.7. The summed E-state index contributed by atoms with van der Waals surface area (Å²) in [6.45, 7) is 3.61. The summed E-state index contributed by atoms with van der Waals surface area (Å²) in [5.74, 6) is -1.59. The number of ether oxygens (including phenoxy) is 1. The zero-order valence-electron chi connectivity index (χ0n) is 19.1. The van der Waals surface area contributed by atoms with E-state index in [1.165, 1.54) is 15.9 Å². The summed E-state index contributed by atoms with van der Waals surface area (Å²) in [5.41, 5.74) is -1.19. The number of ketones is 1. The van der Waals surface area contributed by atoms with Gasteiger partial charge in [0.05, 0.1) is 17.4 Å². The van der Waals surface area contributed by atoms with Crippen LogP contribution in [-0.2, 0) is 9.53 Å². The van der Waals surface area contributed by atoms with Gasteiger partial charge in [0.2, 0.25) is 5.43 Å². The Kier molecular flexibility index (Phi) is 6.37. The molecule has 0 saturated carbocycles. The molecule has 1 N–H and O–H groups in total. The smallest absolute Gasteiger partial charge is 0.341 e. The first-order valence-electron chi connectivity index (χ1n) is 11.6. The minimum atomic E-state index is -1.41. The van der Waals surface area contributed by atoms with Crippen molar-refractivity contribution in [1.82, 2.24) is 14.5 Å². The van der Waals surface area contributed by atoms with Crippen molar-refractivity contribution in [2.24, 2.45) is 11.8 Å². The average Bonchev–Trinajstić information content (AvgIpc) is 3.32. The maximum absolute atomic E-state index is 15.0. The van der Waals surface area contributed by atoms with Gasteiger partial charge in [0.1, 0.15) is 11.3 Å². The van der Waals surface area contributed by atoms with Gasteiger partial charge in [-0.3, -0.25) is 14.2 Å². The molecule has 0 amide bonds. The lowest BCUT2D eigenvalue weighted by atomic mass is 9.89. The zero-order valence-corrected chi connectivity index (χ0v) is 20.0. The van der Waals surface area contributed by atoms with Crippen molar-refractivity contribution < 1.29 is 23.8 Å². The second-order valence-corrected chi connectivity index (χ2v) is 10.1. The Morgan fingerprint density at radius 2 is 2.14 bits per heavy atom. The molecule has 11 heteroatoms. The Morgan fingerprint density at radius 3 is 2.83 bits per heavy atom. The third-order valence-corrected chi connectivity index (χ3v) is 7.52. The minimum Gasteiger partial charge on any atom is -0.477 e. The number of rotatable bonds is 7. The third-order valence-electron chi connectivity index (χ3n) is 6.75. The molecule has 2 aliphatic rings. The summed E-state index contributed by atoms with van der Waals surface area (Å²) >= 11 is 1.23. The number of hydrogen-bond donors (Lipinski definition) is 1. The maximum atomic E-state index is 15.0. The number of hydrogen-bond acceptors (Lipinski definition) is 8. The molecule has 2 saturated heterocycles. The number of pyridine rings is 2. The van der Waals surface area contributed by atoms with E-state index in [4.69, 9.17) is 4.74 Å². The highest BCUT2D eigenvalue weighted by atomic mass is 32.1. The normalized spacial score (nSPS) is 20.7. The Morgan fingerprint density at radius 1 is 1.34 bits per heavy atom. The van der Waals surface area contributed by atoms with Crippen molar-refractivity contribution >= 4 is 39.9 Å². The fraction of sp³-hybridized carbons (Fsp3) is 0.458. The van der Waals surface area contributed by atoms with Crippen molar-refractivity contribution in [2.45, 2.75) is 38.7 Å². The number of carbonyl (C=O) groups is 2. The number of anilines is 1. The first kappa shape index (κ1) is 23.6. The summed E-state index contributed by atoms with van der Waals surface area (Å²) in [6.07, 6.45) is 5.99. The molecule has 0 aliphatic carbocycles. The van der Waals surface area contributed by atoms with Crippen LogP contribution >= 0.6 is 11.3 Å². The molecule has 184 valence electrons. The topological polar surface area (TPSA) is 115 Å². The molecule has 2 unspecified atom stereocenters. The van der Waals surface area contributed by atoms with E-state index >= 15 is 4.39 Å². The van der Waals surface area contributed by atoms with Gasteiger partial charge in [-0.2, -0.15) is 0 Å². The van der Waals surface area contributed by atoms with Gasteiger partial charge in [-0.15, -0.1) is 11.3 Å². The highest BCUT2D eigenvalue weighted by Crippen LogP contribution is 2.30. The van der Waals surface area contributed by atoms with E-state index in [1.807, 2.05) is 0 Å². The van der Waals surface area contributed by atoms with Crippen LogP contribution in [0.4, 0.5) is 10.2 Å².